The second-order valence-corrected chi connectivity index (χ2v) is 15.5. The van der Waals surface area contributed by atoms with Crippen molar-refractivity contribution in [1.29, 1.82) is 0 Å². The Morgan fingerprint density at radius 3 is 2.57 bits per heavy atom. The Bertz CT molecular complexity index is 1510. The van der Waals surface area contributed by atoms with Crippen molar-refractivity contribution in [3.8, 4) is 5.75 Å². The first-order valence-electron chi connectivity index (χ1n) is 15.1. The predicted octanol–water partition coefficient (Wildman–Crippen LogP) is 4.79. The molecular formula is C32H40ClN3O5S. The van der Waals surface area contributed by atoms with Crippen molar-refractivity contribution in [2.75, 3.05) is 38.2 Å². The second-order valence-electron chi connectivity index (χ2n) is 13.0. The van der Waals surface area contributed by atoms with E-state index in [-0.39, 0.29) is 23.3 Å². The molecule has 1 fully saturated rings. The van der Waals surface area contributed by atoms with Crippen LogP contribution >= 0.6 is 11.6 Å². The predicted molar refractivity (Wildman–Crippen MR) is 164 cm³/mol. The molecule has 2 aliphatic heterocycles. The van der Waals surface area contributed by atoms with Gasteiger partial charge in [0.1, 0.15) is 5.75 Å². The second kappa shape index (κ2) is 11.1. The molecule has 1 unspecified atom stereocenters. The number of hydrogen-bond donors (Lipinski definition) is 1. The number of nitrogens with one attached hydrogen (secondary N) is 1. The average molecular weight is 614 g/mol. The third-order valence-electron chi connectivity index (χ3n) is 10.3. The van der Waals surface area contributed by atoms with Gasteiger partial charge in [0.25, 0.3) is 5.91 Å². The van der Waals surface area contributed by atoms with Crippen LogP contribution in [0.4, 0.5) is 5.69 Å². The summed E-state index contributed by atoms with van der Waals surface area (Å²) in [5, 5.41) is -0.178. The molecule has 2 heterocycles. The summed E-state index contributed by atoms with van der Waals surface area (Å²) in [6.45, 7) is 5.94. The molecule has 0 radical (unpaired) electrons. The Labute approximate surface area is 253 Å². The number of carbonyl (C=O) groups is 2. The van der Waals surface area contributed by atoms with Gasteiger partial charge in [0.15, 0.2) is 0 Å². The van der Waals surface area contributed by atoms with Gasteiger partial charge in [0.05, 0.1) is 17.5 Å². The number of hydrogen-bond acceptors (Lipinski definition) is 6. The maximum absolute atomic E-state index is 13.3. The van der Waals surface area contributed by atoms with Crippen molar-refractivity contribution in [2.24, 2.45) is 17.8 Å². The molecule has 0 aromatic heterocycles. The standard InChI is InChI=1S/C32H40ClN3O5S/c1-20-13-30(37)35(3)16-24-6-7-25(24)17-36-18-32(12-4-5-22-14-26(33)9-10-27(22)32)19-41-29-11-8-23(15-28(29)36)31(38)34-42(39,40)21(20)2/h8-11,14-15,20-21,24-25H,4-7,12-13,16-19H2,1-3H3,(H,34,38)/t20-,21-,24+,25+,32?/m1/s1. The molecule has 6 rings (SSSR count). The van der Waals surface area contributed by atoms with Crippen molar-refractivity contribution in [2.45, 2.75) is 63.0 Å². The summed E-state index contributed by atoms with van der Waals surface area (Å²) in [7, 11) is -2.20. The topological polar surface area (TPSA) is 96.0 Å². The van der Waals surface area contributed by atoms with Crippen LogP contribution in [0.25, 0.3) is 0 Å². The van der Waals surface area contributed by atoms with Gasteiger partial charge in [-0.3, -0.25) is 9.59 Å². The van der Waals surface area contributed by atoms with Crippen LogP contribution in [0.3, 0.4) is 0 Å². The molecule has 2 aliphatic carbocycles. The Morgan fingerprint density at radius 1 is 1.05 bits per heavy atom. The highest BCUT2D eigenvalue weighted by Gasteiger charge is 2.44. The number of benzene rings is 2. The Balaban J connectivity index is 1.42. The lowest BCUT2D eigenvalue weighted by Crippen LogP contribution is -2.50. The van der Waals surface area contributed by atoms with Crippen LogP contribution in [-0.4, -0.2) is 63.7 Å². The molecule has 1 saturated carbocycles. The normalized spacial score (nSPS) is 31.2. The molecule has 4 aliphatic rings. The van der Waals surface area contributed by atoms with Crippen LogP contribution in [0, 0.1) is 17.8 Å². The minimum Gasteiger partial charge on any atom is -0.490 e. The highest BCUT2D eigenvalue weighted by atomic mass is 35.5. The largest absolute Gasteiger partial charge is 0.490 e. The molecule has 8 nitrogen and oxygen atoms in total. The van der Waals surface area contributed by atoms with Crippen molar-refractivity contribution in [1.82, 2.24) is 9.62 Å². The monoisotopic (exact) mass is 613 g/mol. The van der Waals surface area contributed by atoms with Crippen molar-refractivity contribution in [3.63, 3.8) is 0 Å². The molecule has 0 saturated heterocycles. The third-order valence-corrected chi connectivity index (χ3v) is 12.4. The SMILES string of the molecule is C[C@@H]1CC(=O)N(C)C[C@@H]2CC[C@H]2CN2CC3(CCCc4cc(Cl)ccc43)COc3ccc(cc32)C(=O)NS(=O)(=O)[C@@H]1C. The molecule has 1 spiro atoms. The number of rotatable bonds is 0. The fraction of sp³-hybridized carbons (Fsp3) is 0.562. The molecule has 1 N–H and O–H groups in total. The maximum atomic E-state index is 13.3. The number of nitrogens with zero attached hydrogens (tertiary/aromatic N) is 2. The number of aryl methyl sites for hydroxylation is 1. The summed E-state index contributed by atoms with van der Waals surface area (Å²) in [6.07, 6.45) is 5.21. The minimum absolute atomic E-state index is 0.0688. The van der Waals surface area contributed by atoms with Crippen LogP contribution < -0.4 is 14.4 Å². The van der Waals surface area contributed by atoms with Crippen LogP contribution in [0.5, 0.6) is 5.75 Å². The summed E-state index contributed by atoms with van der Waals surface area (Å²) in [5.74, 6) is 0.245. The van der Waals surface area contributed by atoms with Crippen molar-refractivity contribution < 1.29 is 22.7 Å². The first-order valence-corrected chi connectivity index (χ1v) is 17.0. The average Bonchev–Trinajstić information content (AvgIpc) is 3.09. The van der Waals surface area contributed by atoms with E-state index in [0.29, 0.717) is 37.3 Å². The van der Waals surface area contributed by atoms with E-state index >= 15 is 0 Å². The van der Waals surface area contributed by atoms with Gasteiger partial charge in [-0.25, -0.2) is 13.1 Å². The lowest BCUT2D eigenvalue weighted by Gasteiger charge is -2.45. The summed E-state index contributed by atoms with van der Waals surface area (Å²) >= 11 is 6.39. The van der Waals surface area contributed by atoms with Gasteiger partial charge < -0.3 is 14.5 Å². The highest BCUT2D eigenvalue weighted by Crippen LogP contribution is 2.46. The van der Waals surface area contributed by atoms with E-state index in [1.54, 1.807) is 36.9 Å². The number of fused-ring (bicyclic) bond motifs is 4. The maximum Gasteiger partial charge on any atom is 0.264 e. The van der Waals surface area contributed by atoms with Gasteiger partial charge in [0.2, 0.25) is 15.9 Å². The van der Waals surface area contributed by atoms with E-state index in [2.05, 4.69) is 21.8 Å². The number of sulfonamides is 1. The Kier molecular flexibility index (Phi) is 7.71. The van der Waals surface area contributed by atoms with E-state index in [1.165, 1.54) is 11.1 Å². The first kappa shape index (κ1) is 29.3. The summed E-state index contributed by atoms with van der Waals surface area (Å²) < 4.78 is 35.2. The van der Waals surface area contributed by atoms with Gasteiger partial charge >= 0.3 is 0 Å². The number of ether oxygens (including phenoxy) is 1. The van der Waals surface area contributed by atoms with Crippen molar-refractivity contribution in [3.05, 3.63) is 58.1 Å². The molecule has 2 amide bonds. The fourth-order valence-corrected chi connectivity index (χ4v) is 8.76. The quantitative estimate of drug-likeness (QED) is 0.459. The highest BCUT2D eigenvalue weighted by molar-refractivity contribution is 7.90. The molecule has 2 bridgehead atoms. The van der Waals surface area contributed by atoms with E-state index in [9.17, 15) is 18.0 Å². The molecule has 42 heavy (non-hydrogen) atoms. The molecule has 2 aromatic rings. The van der Waals surface area contributed by atoms with Gasteiger partial charge in [-0.05, 0) is 98.2 Å². The molecule has 5 atom stereocenters. The van der Waals surface area contributed by atoms with Crippen LogP contribution in [-0.2, 0) is 26.7 Å². The zero-order valence-corrected chi connectivity index (χ0v) is 26.1. The van der Waals surface area contributed by atoms with Crippen LogP contribution in [0.2, 0.25) is 5.02 Å². The minimum atomic E-state index is -4.01. The summed E-state index contributed by atoms with van der Waals surface area (Å²) in [6, 6.07) is 11.4. The van der Waals surface area contributed by atoms with Gasteiger partial charge in [-0.1, -0.05) is 24.6 Å². The van der Waals surface area contributed by atoms with Crippen molar-refractivity contribution >= 4 is 39.1 Å². The fourth-order valence-electron chi connectivity index (χ4n) is 7.29. The lowest BCUT2D eigenvalue weighted by molar-refractivity contribution is -0.132. The van der Waals surface area contributed by atoms with Crippen LogP contribution in [0.15, 0.2) is 36.4 Å². The number of amides is 2. The number of anilines is 1. The van der Waals surface area contributed by atoms with E-state index in [1.807, 2.05) is 13.1 Å². The van der Waals surface area contributed by atoms with E-state index in [4.69, 9.17) is 16.3 Å². The van der Waals surface area contributed by atoms with Gasteiger partial charge in [-0.15, -0.1) is 0 Å². The van der Waals surface area contributed by atoms with E-state index in [0.717, 1.165) is 49.4 Å². The molecule has 226 valence electrons. The third kappa shape index (κ3) is 5.39. The molecule has 10 heteroatoms. The number of carbonyl (C=O) groups excluding carboxylic acids is 2. The molecule has 2 aromatic carbocycles. The first-order chi connectivity index (χ1) is 20.0. The van der Waals surface area contributed by atoms with Gasteiger partial charge in [0, 0.05) is 49.1 Å². The summed E-state index contributed by atoms with van der Waals surface area (Å²) in [4.78, 5) is 30.6. The van der Waals surface area contributed by atoms with E-state index < -0.39 is 27.1 Å². The Morgan fingerprint density at radius 2 is 1.81 bits per heavy atom. The zero-order valence-electron chi connectivity index (χ0n) is 24.6. The molecular weight excluding hydrogens is 574 g/mol. The van der Waals surface area contributed by atoms with Gasteiger partial charge in [-0.2, -0.15) is 0 Å². The lowest BCUT2D eigenvalue weighted by atomic mass is 9.69. The van der Waals surface area contributed by atoms with Crippen LogP contribution in [0.1, 0.15) is 67.4 Å². The summed E-state index contributed by atoms with van der Waals surface area (Å²) in [5.41, 5.74) is 3.35. The number of halogens is 1. The smallest absolute Gasteiger partial charge is 0.264 e. The Hall–Kier alpha value is -2.78. The zero-order chi connectivity index (χ0) is 29.8.